The molecule has 0 aliphatic heterocycles. The summed E-state index contributed by atoms with van der Waals surface area (Å²) in [5.41, 5.74) is 1.54. The second kappa shape index (κ2) is 12.5. The van der Waals surface area contributed by atoms with Gasteiger partial charge in [0.05, 0.1) is 6.54 Å². The number of hydrogen-bond acceptors (Lipinski definition) is 5. The number of carboxylic acids is 1. The average molecular weight is 443 g/mol. The number of carbonyl (C=O) groups excluding carboxylic acids is 2. The summed E-state index contributed by atoms with van der Waals surface area (Å²) in [5.74, 6) is -1.99. The Kier molecular flexibility index (Phi) is 9.69. The van der Waals surface area contributed by atoms with Crippen molar-refractivity contribution in [1.29, 1.82) is 0 Å². The third-order valence-corrected chi connectivity index (χ3v) is 4.64. The lowest BCUT2D eigenvalue weighted by molar-refractivity contribution is -0.155. The topological polar surface area (TPSA) is 116 Å². The molecule has 2 aromatic carbocycles. The molecule has 0 bridgehead atoms. The molecule has 0 saturated carbocycles. The molecule has 3 N–H and O–H groups in total. The van der Waals surface area contributed by atoms with Crippen LogP contribution in [0.25, 0.3) is 0 Å². The van der Waals surface area contributed by atoms with E-state index in [1.807, 2.05) is 38.1 Å². The number of benzene rings is 2. The first-order chi connectivity index (χ1) is 15.3. The van der Waals surface area contributed by atoms with Gasteiger partial charge >= 0.3 is 18.0 Å². The number of esters is 1. The summed E-state index contributed by atoms with van der Waals surface area (Å²) in [5, 5.41) is 22.3. The SMILES string of the molecule is CC(C)CN(C[C@H](O)C(=O)OCc1ccccc1)C(=O)N[C@@H](Cc1ccccc1)C(=O)O. The fourth-order valence-electron chi connectivity index (χ4n) is 3.08. The van der Waals surface area contributed by atoms with E-state index in [9.17, 15) is 24.6 Å². The standard InChI is InChI=1S/C24H30N2O6/c1-17(2)14-26(15-21(27)23(30)32-16-19-11-7-4-8-12-19)24(31)25-20(22(28)29)13-18-9-5-3-6-10-18/h3-12,17,20-21,27H,13-16H2,1-2H3,(H,25,31)(H,28,29)/t20-,21-/m0/s1. The molecule has 8 nitrogen and oxygen atoms in total. The van der Waals surface area contributed by atoms with Gasteiger partial charge in [-0.05, 0) is 17.0 Å². The van der Waals surface area contributed by atoms with E-state index in [1.54, 1.807) is 36.4 Å². The van der Waals surface area contributed by atoms with Gasteiger partial charge in [-0.25, -0.2) is 14.4 Å². The van der Waals surface area contributed by atoms with Crippen molar-refractivity contribution >= 4 is 18.0 Å². The van der Waals surface area contributed by atoms with Gasteiger partial charge in [0.1, 0.15) is 12.6 Å². The van der Waals surface area contributed by atoms with Crippen LogP contribution in [0.5, 0.6) is 0 Å². The molecule has 0 aliphatic rings. The number of aliphatic hydroxyl groups excluding tert-OH is 1. The lowest BCUT2D eigenvalue weighted by Gasteiger charge is -2.28. The highest BCUT2D eigenvalue weighted by Crippen LogP contribution is 2.08. The van der Waals surface area contributed by atoms with Crippen LogP contribution in [-0.4, -0.2) is 58.3 Å². The smallest absolute Gasteiger partial charge is 0.337 e. The zero-order chi connectivity index (χ0) is 23.5. The van der Waals surface area contributed by atoms with Crippen molar-refractivity contribution in [3.05, 3.63) is 71.8 Å². The van der Waals surface area contributed by atoms with Crippen molar-refractivity contribution in [2.45, 2.75) is 39.0 Å². The van der Waals surface area contributed by atoms with Gasteiger partial charge in [-0.2, -0.15) is 0 Å². The number of aliphatic carboxylic acids is 1. The summed E-state index contributed by atoms with van der Waals surface area (Å²) in [7, 11) is 0. The minimum Gasteiger partial charge on any atom is -0.480 e. The zero-order valence-electron chi connectivity index (χ0n) is 18.3. The zero-order valence-corrected chi connectivity index (χ0v) is 18.3. The number of carboxylic acid groups (broad SMARTS) is 1. The summed E-state index contributed by atoms with van der Waals surface area (Å²) < 4.78 is 5.13. The maximum absolute atomic E-state index is 12.8. The van der Waals surface area contributed by atoms with Crippen molar-refractivity contribution in [2.75, 3.05) is 13.1 Å². The number of rotatable bonds is 11. The fraction of sp³-hybridized carbons (Fsp3) is 0.375. The van der Waals surface area contributed by atoms with E-state index in [2.05, 4.69) is 5.32 Å². The van der Waals surface area contributed by atoms with E-state index < -0.39 is 30.1 Å². The number of urea groups is 1. The van der Waals surface area contributed by atoms with Crippen LogP contribution in [0.2, 0.25) is 0 Å². The van der Waals surface area contributed by atoms with Gasteiger partial charge in [0.2, 0.25) is 0 Å². The molecule has 0 aliphatic carbocycles. The van der Waals surface area contributed by atoms with E-state index in [-0.39, 0.29) is 32.0 Å². The molecule has 0 fully saturated rings. The number of carbonyl (C=O) groups is 3. The molecule has 172 valence electrons. The van der Waals surface area contributed by atoms with Crippen molar-refractivity contribution in [3.8, 4) is 0 Å². The molecule has 0 saturated heterocycles. The highest BCUT2D eigenvalue weighted by Gasteiger charge is 2.28. The van der Waals surface area contributed by atoms with Crippen LogP contribution in [0.1, 0.15) is 25.0 Å². The number of ether oxygens (including phenoxy) is 1. The van der Waals surface area contributed by atoms with E-state index >= 15 is 0 Å². The van der Waals surface area contributed by atoms with Crippen LogP contribution in [-0.2, 0) is 27.4 Å². The second-order valence-electron chi connectivity index (χ2n) is 7.94. The lowest BCUT2D eigenvalue weighted by atomic mass is 10.1. The summed E-state index contributed by atoms with van der Waals surface area (Å²) in [6.07, 6.45) is -1.44. The Balaban J connectivity index is 1.99. The van der Waals surface area contributed by atoms with Gasteiger partial charge < -0.3 is 25.2 Å². The third kappa shape index (κ3) is 8.39. The first kappa shape index (κ1) is 24.9. The molecule has 0 radical (unpaired) electrons. The average Bonchev–Trinajstić information content (AvgIpc) is 2.77. The first-order valence-electron chi connectivity index (χ1n) is 10.5. The van der Waals surface area contributed by atoms with Crippen LogP contribution in [0.15, 0.2) is 60.7 Å². The molecule has 2 aromatic rings. The van der Waals surface area contributed by atoms with Gasteiger partial charge in [-0.15, -0.1) is 0 Å². The first-order valence-corrected chi connectivity index (χ1v) is 10.5. The van der Waals surface area contributed by atoms with Gasteiger partial charge in [0.25, 0.3) is 0 Å². The van der Waals surface area contributed by atoms with Crippen molar-refractivity contribution in [2.24, 2.45) is 5.92 Å². The predicted molar refractivity (Wildman–Crippen MR) is 119 cm³/mol. The molecule has 32 heavy (non-hydrogen) atoms. The molecule has 0 unspecified atom stereocenters. The van der Waals surface area contributed by atoms with Crippen LogP contribution in [0.4, 0.5) is 4.79 Å². The van der Waals surface area contributed by atoms with Crippen LogP contribution in [0, 0.1) is 5.92 Å². The Morgan fingerprint density at radius 2 is 1.50 bits per heavy atom. The highest BCUT2D eigenvalue weighted by molar-refractivity contribution is 5.83. The maximum Gasteiger partial charge on any atom is 0.337 e. The van der Waals surface area contributed by atoms with Gasteiger partial charge in [0, 0.05) is 13.0 Å². The Morgan fingerprint density at radius 3 is 2.03 bits per heavy atom. The van der Waals surface area contributed by atoms with Gasteiger partial charge in [0.15, 0.2) is 6.10 Å². The van der Waals surface area contributed by atoms with E-state index in [0.717, 1.165) is 11.1 Å². The molecule has 8 heteroatoms. The van der Waals surface area contributed by atoms with Crippen LogP contribution >= 0.6 is 0 Å². The van der Waals surface area contributed by atoms with Gasteiger partial charge in [-0.1, -0.05) is 74.5 Å². The summed E-state index contributed by atoms with van der Waals surface area (Å²) in [4.78, 5) is 37.9. The van der Waals surface area contributed by atoms with E-state index in [1.165, 1.54) is 4.90 Å². The molecule has 0 aromatic heterocycles. The Labute approximate surface area is 187 Å². The van der Waals surface area contributed by atoms with Crippen molar-refractivity contribution in [3.63, 3.8) is 0 Å². The number of aliphatic hydroxyl groups is 1. The van der Waals surface area contributed by atoms with E-state index in [4.69, 9.17) is 4.74 Å². The minimum absolute atomic E-state index is 0.00523. The minimum atomic E-state index is -1.55. The Morgan fingerprint density at radius 1 is 0.938 bits per heavy atom. The highest BCUT2D eigenvalue weighted by atomic mass is 16.5. The molecular formula is C24H30N2O6. The summed E-state index contributed by atoms with van der Waals surface area (Å²) in [6.45, 7) is 3.67. The fourth-order valence-corrected chi connectivity index (χ4v) is 3.08. The van der Waals surface area contributed by atoms with E-state index in [0.29, 0.717) is 0 Å². The van der Waals surface area contributed by atoms with Crippen molar-refractivity contribution in [1.82, 2.24) is 10.2 Å². The third-order valence-electron chi connectivity index (χ3n) is 4.64. The van der Waals surface area contributed by atoms with Crippen LogP contribution in [0.3, 0.4) is 0 Å². The molecule has 2 rings (SSSR count). The Hall–Kier alpha value is -3.39. The predicted octanol–water partition coefficient (Wildman–Crippen LogP) is 2.45. The monoisotopic (exact) mass is 442 g/mol. The lowest BCUT2D eigenvalue weighted by Crippen LogP contribution is -2.52. The number of amides is 2. The van der Waals surface area contributed by atoms with Gasteiger partial charge in [-0.3, -0.25) is 0 Å². The Bertz CT molecular complexity index is 873. The number of nitrogens with zero attached hydrogens (tertiary/aromatic N) is 1. The second-order valence-corrected chi connectivity index (χ2v) is 7.94. The molecule has 0 heterocycles. The number of nitrogens with one attached hydrogen (secondary N) is 1. The molecule has 0 spiro atoms. The normalized spacial score (nSPS) is 12.6. The van der Waals surface area contributed by atoms with Crippen molar-refractivity contribution < 1.29 is 29.3 Å². The quantitative estimate of drug-likeness (QED) is 0.461. The summed E-state index contributed by atoms with van der Waals surface area (Å²) >= 11 is 0. The largest absolute Gasteiger partial charge is 0.480 e. The van der Waals surface area contributed by atoms with Crippen LogP contribution < -0.4 is 5.32 Å². The molecule has 2 atom stereocenters. The molecule has 2 amide bonds. The summed E-state index contributed by atoms with van der Waals surface area (Å²) in [6, 6.07) is 16.2. The molecular weight excluding hydrogens is 412 g/mol. The number of hydrogen-bond donors (Lipinski definition) is 3. The maximum atomic E-state index is 12.8.